The molecule has 0 aliphatic rings. The maximum atomic E-state index is 12.9. The molecular weight excluding hydrogens is 469 g/mol. The lowest BCUT2D eigenvalue weighted by Crippen LogP contribution is -2.37. The Morgan fingerprint density at radius 3 is 2.27 bits per heavy atom. The zero-order valence-electron chi connectivity index (χ0n) is 17.6. The van der Waals surface area contributed by atoms with E-state index in [1.807, 2.05) is 0 Å². The highest BCUT2D eigenvalue weighted by Gasteiger charge is 2.33. The van der Waals surface area contributed by atoms with Crippen LogP contribution in [-0.4, -0.2) is 56.6 Å². The van der Waals surface area contributed by atoms with Gasteiger partial charge in [-0.2, -0.15) is 13.2 Å². The number of ether oxygens (including phenoxy) is 3. The van der Waals surface area contributed by atoms with E-state index in [9.17, 15) is 27.6 Å². The number of anilines is 1. The fraction of sp³-hybridized carbons (Fsp3) is 0.286. The average Bonchev–Trinajstić information content (AvgIpc) is 2.76. The first-order valence-corrected chi connectivity index (χ1v) is 9.70. The molecule has 0 atom stereocenters. The van der Waals surface area contributed by atoms with Gasteiger partial charge in [0.1, 0.15) is 11.5 Å². The Kier molecular flexibility index (Phi) is 8.92. The van der Waals surface area contributed by atoms with Gasteiger partial charge in [-0.15, -0.1) is 0 Å². The van der Waals surface area contributed by atoms with Crippen LogP contribution in [0.5, 0.6) is 11.5 Å². The third-order valence-corrected chi connectivity index (χ3v) is 4.46. The van der Waals surface area contributed by atoms with Crippen molar-refractivity contribution < 1.29 is 41.8 Å². The van der Waals surface area contributed by atoms with Crippen molar-refractivity contribution >= 4 is 35.1 Å². The van der Waals surface area contributed by atoms with Gasteiger partial charge in [0, 0.05) is 12.7 Å². The first-order chi connectivity index (χ1) is 15.5. The van der Waals surface area contributed by atoms with Crippen molar-refractivity contribution in [1.29, 1.82) is 0 Å². The molecule has 33 heavy (non-hydrogen) atoms. The molecule has 0 aliphatic heterocycles. The fourth-order valence-electron chi connectivity index (χ4n) is 2.43. The molecule has 0 unspecified atom stereocenters. The number of carbonyl (C=O) groups excluding carboxylic acids is 3. The number of alkyl halides is 3. The van der Waals surface area contributed by atoms with Crippen LogP contribution in [-0.2, 0) is 25.3 Å². The molecular formula is C21H20ClF3N2O6. The van der Waals surface area contributed by atoms with Gasteiger partial charge < -0.3 is 24.4 Å². The number of carbonyl (C=O) groups is 3. The number of nitrogens with one attached hydrogen (secondary N) is 1. The van der Waals surface area contributed by atoms with E-state index in [2.05, 4.69) is 5.32 Å². The van der Waals surface area contributed by atoms with Crippen molar-refractivity contribution in [3.05, 3.63) is 53.1 Å². The topological polar surface area (TPSA) is 94.2 Å². The number of nitrogens with zero attached hydrogens (tertiary/aromatic N) is 1. The molecule has 0 aliphatic carbocycles. The number of benzene rings is 2. The minimum absolute atomic E-state index is 0.139. The SMILES string of the molecule is COc1ccc(OCC(=O)OCC(=O)N(C)CC(=O)Nc2ccc(Cl)c(C(F)(F)F)c2)cc1. The maximum Gasteiger partial charge on any atom is 0.417 e. The molecule has 0 spiro atoms. The van der Waals surface area contributed by atoms with Gasteiger partial charge in [-0.05, 0) is 42.5 Å². The summed E-state index contributed by atoms with van der Waals surface area (Å²) in [6.45, 7) is -1.57. The number of halogens is 4. The average molecular weight is 489 g/mol. The Morgan fingerprint density at radius 2 is 1.67 bits per heavy atom. The van der Waals surface area contributed by atoms with Gasteiger partial charge in [0.05, 0.1) is 24.2 Å². The molecule has 8 nitrogen and oxygen atoms in total. The van der Waals surface area contributed by atoms with E-state index in [1.165, 1.54) is 20.2 Å². The predicted octanol–water partition coefficient (Wildman–Crippen LogP) is 3.39. The Hall–Kier alpha value is -3.47. The van der Waals surface area contributed by atoms with Crippen LogP contribution in [0.4, 0.5) is 18.9 Å². The largest absolute Gasteiger partial charge is 0.497 e. The number of amides is 2. The molecule has 0 aromatic heterocycles. The standard InChI is InChI=1S/C21H20ClF3N2O6/c1-27(10-18(28)26-13-3-8-17(22)16(9-13)21(23,24)25)19(29)11-33-20(30)12-32-15-6-4-14(31-2)5-7-15/h3-9H,10-12H2,1-2H3,(H,26,28). The normalized spacial score (nSPS) is 10.8. The number of hydrogen-bond acceptors (Lipinski definition) is 6. The van der Waals surface area contributed by atoms with E-state index in [0.29, 0.717) is 17.6 Å². The number of rotatable bonds is 9. The first-order valence-electron chi connectivity index (χ1n) is 9.32. The molecule has 12 heteroatoms. The minimum Gasteiger partial charge on any atom is -0.497 e. The van der Waals surface area contributed by atoms with Crippen LogP contribution in [0.3, 0.4) is 0 Å². The molecule has 2 aromatic rings. The fourth-order valence-corrected chi connectivity index (χ4v) is 2.66. The van der Waals surface area contributed by atoms with Crippen molar-refractivity contribution in [2.24, 2.45) is 0 Å². The summed E-state index contributed by atoms with van der Waals surface area (Å²) in [5.74, 6) is -1.26. The minimum atomic E-state index is -4.69. The number of esters is 1. The zero-order valence-corrected chi connectivity index (χ0v) is 18.3. The van der Waals surface area contributed by atoms with E-state index in [0.717, 1.165) is 11.0 Å². The van der Waals surface area contributed by atoms with Gasteiger partial charge in [-0.25, -0.2) is 4.79 Å². The molecule has 2 rings (SSSR count). The van der Waals surface area contributed by atoms with Gasteiger partial charge >= 0.3 is 12.1 Å². The third kappa shape index (κ3) is 8.19. The Balaban J connectivity index is 1.78. The summed E-state index contributed by atoms with van der Waals surface area (Å²) in [7, 11) is 2.78. The van der Waals surface area contributed by atoms with Crippen LogP contribution in [0.1, 0.15) is 5.56 Å². The van der Waals surface area contributed by atoms with Crippen LogP contribution < -0.4 is 14.8 Å². The second kappa shape index (κ2) is 11.4. The summed E-state index contributed by atoms with van der Waals surface area (Å²) in [5.41, 5.74) is -1.24. The highest BCUT2D eigenvalue weighted by Crippen LogP contribution is 2.36. The first kappa shape index (κ1) is 25.8. The molecule has 0 bridgehead atoms. The summed E-state index contributed by atoms with van der Waals surface area (Å²) in [5, 5.41) is 1.74. The van der Waals surface area contributed by atoms with Crippen LogP contribution in [0.25, 0.3) is 0 Å². The molecule has 0 saturated heterocycles. The van der Waals surface area contributed by atoms with Crippen molar-refractivity contribution in [3.63, 3.8) is 0 Å². The molecule has 0 saturated carbocycles. The van der Waals surface area contributed by atoms with Crippen LogP contribution in [0.2, 0.25) is 5.02 Å². The Bertz CT molecular complexity index is 998. The molecule has 178 valence electrons. The summed E-state index contributed by atoms with van der Waals surface area (Å²) in [6, 6.07) is 9.33. The quantitative estimate of drug-likeness (QED) is 0.544. The number of likely N-dealkylation sites (N-methyl/N-ethyl adjacent to an activating group) is 1. The highest BCUT2D eigenvalue weighted by molar-refractivity contribution is 6.31. The molecule has 2 amide bonds. The van der Waals surface area contributed by atoms with Crippen LogP contribution in [0.15, 0.2) is 42.5 Å². The van der Waals surface area contributed by atoms with E-state index < -0.39 is 54.3 Å². The summed E-state index contributed by atoms with van der Waals surface area (Å²) >= 11 is 5.53. The lowest BCUT2D eigenvalue weighted by molar-refractivity contribution is -0.153. The summed E-state index contributed by atoms with van der Waals surface area (Å²) in [6.07, 6.45) is -4.69. The predicted molar refractivity (Wildman–Crippen MR) is 112 cm³/mol. The molecule has 1 N–H and O–H groups in total. The van der Waals surface area contributed by atoms with Crippen molar-refractivity contribution in [2.45, 2.75) is 6.18 Å². The Labute approximate surface area is 192 Å². The van der Waals surface area contributed by atoms with E-state index in [-0.39, 0.29) is 5.69 Å². The lowest BCUT2D eigenvalue weighted by Gasteiger charge is -2.17. The van der Waals surface area contributed by atoms with Crippen molar-refractivity contribution in [2.75, 3.05) is 39.2 Å². The highest BCUT2D eigenvalue weighted by atomic mass is 35.5. The van der Waals surface area contributed by atoms with Gasteiger partial charge in [-0.3, -0.25) is 9.59 Å². The second-order valence-corrected chi connectivity index (χ2v) is 7.02. The summed E-state index contributed by atoms with van der Waals surface area (Å²) < 4.78 is 53.8. The zero-order chi connectivity index (χ0) is 24.6. The molecule has 0 radical (unpaired) electrons. The lowest BCUT2D eigenvalue weighted by atomic mass is 10.2. The van der Waals surface area contributed by atoms with Gasteiger partial charge in [0.25, 0.3) is 5.91 Å². The maximum absolute atomic E-state index is 12.9. The van der Waals surface area contributed by atoms with Gasteiger partial charge in [0.2, 0.25) is 5.91 Å². The number of methoxy groups -OCH3 is 1. The molecule has 0 fully saturated rings. The third-order valence-electron chi connectivity index (χ3n) is 4.13. The monoisotopic (exact) mass is 488 g/mol. The van der Waals surface area contributed by atoms with E-state index >= 15 is 0 Å². The van der Waals surface area contributed by atoms with Gasteiger partial charge in [0.15, 0.2) is 13.2 Å². The van der Waals surface area contributed by atoms with Crippen molar-refractivity contribution in [3.8, 4) is 11.5 Å². The van der Waals surface area contributed by atoms with Gasteiger partial charge in [-0.1, -0.05) is 11.6 Å². The van der Waals surface area contributed by atoms with E-state index in [4.69, 9.17) is 25.8 Å². The molecule has 2 aromatic carbocycles. The smallest absolute Gasteiger partial charge is 0.417 e. The van der Waals surface area contributed by atoms with Crippen LogP contribution >= 0.6 is 11.6 Å². The second-order valence-electron chi connectivity index (χ2n) is 6.62. The van der Waals surface area contributed by atoms with Crippen LogP contribution in [0, 0.1) is 0 Å². The van der Waals surface area contributed by atoms with Crippen molar-refractivity contribution in [1.82, 2.24) is 4.90 Å². The number of hydrogen-bond donors (Lipinski definition) is 1. The Morgan fingerprint density at radius 1 is 1.03 bits per heavy atom. The van der Waals surface area contributed by atoms with E-state index in [1.54, 1.807) is 24.3 Å². The molecule has 0 heterocycles. The summed E-state index contributed by atoms with van der Waals surface area (Å²) in [4.78, 5) is 36.8.